The zero-order valence-electron chi connectivity index (χ0n) is 18.7. The number of aryl methyl sites for hydroxylation is 3. The Kier molecular flexibility index (Phi) is 4.20. The second kappa shape index (κ2) is 7.13. The highest BCUT2D eigenvalue weighted by Crippen LogP contribution is 2.41. The van der Waals surface area contributed by atoms with Crippen LogP contribution in [-0.4, -0.2) is 32.2 Å². The monoisotopic (exact) mass is 435 g/mol. The van der Waals surface area contributed by atoms with Crippen LogP contribution in [-0.2, 0) is 0 Å². The van der Waals surface area contributed by atoms with Crippen LogP contribution < -0.4 is 4.74 Å². The van der Waals surface area contributed by atoms with Crippen molar-refractivity contribution in [3.05, 3.63) is 65.9 Å². The molecule has 0 bridgehead atoms. The maximum Gasteiger partial charge on any atom is 0.142 e. The van der Waals surface area contributed by atoms with Gasteiger partial charge in [0.05, 0.1) is 35.0 Å². The van der Waals surface area contributed by atoms with Crippen molar-refractivity contribution in [1.29, 1.82) is 0 Å². The zero-order valence-corrected chi connectivity index (χ0v) is 18.7. The Balaban J connectivity index is 1.70. The van der Waals surface area contributed by atoms with E-state index in [-0.39, 0.29) is 0 Å². The van der Waals surface area contributed by atoms with Crippen LogP contribution >= 0.6 is 0 Å². The molecule has 6 rings (SSSR count). The summed E-state index contributed by atoms with van der Waals surface area (Å²) in [6.45, 7) is 5.84. The maximum atomic E-state index is 5.81. The number of nitrogens with one attached hydrogen (secondary N) is 1. The van der Waals surface area contributed by atoms with Crippen LogP contribution in [0.25, 0.3) is 55.2 Å². The van der Waals surface area contributed by atoms with Gasteiger partial charge in [-0.05, 0) is 45.0 Å². The number of para-hydroxylation sites is 1. The molecular formula is C26H21N5O2. The van der Waals surface area contributed by atoms with Crippen molar-refractivity contribution in [2.45, 2.75) is 20.8 Å². The molecule has 0 radical (unpaired) electrons. The third-order valence-electron chi connectivity index (χ3n) is 6.11. The standard InChI is InChI=1S/C26H21N5O2/c1-13-9-17(16-7-5-6-8-20(16)29-13)25-24-18-11-22(32-4)19(23-14(2)31-33-15(23)3)10-21(18)30-26(24)28-12-27-25/h5-12H,1-4H3,(H,27,28,30). The Labute approximate surface area is 189 Å². The molecule has 0 amide bonds. The number of benzene rings is 2. The molecule has 7 heteroatoms. The van der Waals surface area contributed by atoms with Crippen LogP contribution in [0.4, 0.5) is 0 Å². The van der Waals surface area contributed by atoms with E-state index >= 15 is 0 Å². The normalized spacial score (nSPS) is 11.6. The lowest BCUT2D eigenvalue weighted by atomic mass is 9.98. The SMILES string of the molecule is COc1cc2c(cc1-c1c(C)noc1C)[nH]c1ncnc(-c3cc(C)nc4ccccc34)c12. The fourth-order valence-corrected chi connectivity index (χ4v) is 4.69. The smallest absolute Gasteiger partial charge is 0.142 e. The topological polar surface area (TPSA) is 89.7 Å². The van der Waals surface area contributed by atoms with Crippen LogP contribution in [0, 0.1) is 20.8 Å². The highest BCUT2D eigenvalue weighted by molar-refractivity contribution is 6.15. The third kappa shape index (κ3) is 2.89. The van der Waals surface area contributed by atoms with Crippen LogP contribution in [0.15, 0.2) is 53.3 Å². The van der Waals surface area contributed by atoms with E-state index in [4.69, 9.17) is 14.2 Å². The number of methoxy groups -OCH3 is 1. The van der Waals surface area contributed by atoms with Crippen molar-refractivity contribution in [3.8, 4) is 28.1 Å². The Morgan fingerprint density at radius 3 is 2.58 bits per heavy atom. The van der Waals surface area contributed by atoms with Crippen LogP contribution in [0.1, 0.15) is 17.1 Å². The molecule has 0 aliphatic carbocycles. The Bertz CT molecular complexity index is 1680. The van der Waals surface area contributed by atoms with E-state index in [0.29, 0.717) is 0 Å². The summed E-state index contributed by atoms with van der Waals surface area (Å²) < 4.78 is 11.2. The summed E-state index contributed by atoms with van der Waals surface area (Å²) in [5.41, 5.74) is 8.16. The summed E-state index contributed by atoms with van der Waals surface area (Å²) >= 11 is 0. The van der Waals surface area contributed by atoms with E-state index < -0.39 is 0 Å². The van der Waals surface area contributed by atoms with Gasteiger partial charge in [0.1, 0.15) is 23.5 Å². The van der Waals surface area contributed by atoms with Gasteiger partial charge in [0.25, 0.3) is 0 Å². The molecule has 4 aromatic heterocycles. The average molecular weight is 435 g/mol. The second-order valence-corrected chi connectivity index (χ2v) is 8.20. The van der Waals surface area contributed by atoms with E-state index in [1.807, 2.05) is 45.0 Å². The highest BCUT2D eigenvalue weighted by Gasteiger charge is 2.21. The number of rotatable bonds is 3. The minimum Gasteiger partial charge on any atom is -0.496 e. The van der Waals surface area contributed by atoms with Gasteiger partial charge in [-0.15, -0.1) is 0 Å². The molecule has 2 aromatic carbocycles. The number of aromatic nitrogens is 5. The van der Waals surface area contributed by atoms with Gasteiger partial charge >= 0.3 is 0 Å². The van der Waals surface area contributed by atoms with Crippen LogP contribution in [0.3, 0.4) is 0 Å². The number of ether oxygens (including phenoxy) is 1. The van der Waals surface area contributed by atoms with Gasteiger partial charge in [0, 0.05) is 33.1 Å². The number of fused-ring (bicyclic) bond motifs is 4. The van der Waals surface area contributed by atoms with Gasteiger partial charge in [0.15, 0.2) is 0 Å². The van der Waals surface area contributed by atoms with Crippen molar-refractivity contribution in [3.63, 3.8) is 0 Å². The molecule has 0 fully saturated rings. The molecule has 4 heterocycles. The summed E-state index contributed by atoms with van der Waals surface area (Å²) in [6, 6.07) is 14.3. The first-order valence-corrected chi connectivity index (χ1v) is 10.7. The fraction of sp³-hybridized carbons (Fsp3) is 0.154. The van der Waals surface area contributed by atoms with Crippen molar-refractivity contribution in [2.75, 3.05) is 7.11 Å². The molecular weight excluding hydrogens is 414 g/mol. The number of aromatic amines is 1. The number of hydrogen-bond acceptors (Lipinski definition) is 6. The zero-order chi connectivity index (χ0) is 22.7. The van der Waals surface area contributed by atoms with Crippen LogP contribution in [0.2, 0.25) is 0 Å². The van der Waals surface area contributed by atoms with Gasteiger partial charge in [0.2, 0.25) is 0 Å². The summed E-state index contributed by atoms with van der Waals surface area (Å²) in [5, 5.41) is 7.11. The number of hydrogen-bond donors (Lipinski definition) is 1. The predicted octanol–water partition coefficient (Wildman–Crippen LogP) is 5.92. The summed E-state index contributed by atoms with van der Waals surface area (Å²) in [4.78, 5) is 17.4. The molecule has 33 heavy (non-hydrogen) atoms. The molecule has 0 aliphatic rings. The third-order valence-corrected chi connectivity index (χ3v) is 6.11. The van der Waals surface area contributed by atoms with Gasteiger partial charge in [-0.25, -0.2) is 9.97 Å². The van der Waals surface area contributed by atoms with Gasteiger partial charge in [-0.2, -0.15) is 0 Å². The lowest BCUT2D eigenvalue weighted by Crippen LogP contribution is -1.93. The minimum atomic E-state index is 0.739. The van der Waals surface area contributed by atoms with E-state index in [1.54, 1.807) is 13.4 Å². The van der Waals surface area contributed by atoms with Crippen molar-refractivity contribution >= 4 is 32.8 Å². The summed E-state index contributed by atoms with van der Waals surface area (Å²) in [7, 11) is 1.68. The Morgan fingerprint density at radius 2 is 1.79 bits per heavy atom. The van der Waals surface area contributed by atoms with Crippen molar-refractivity contribution in [1.82, 2.24) is 25.1 Å². The number of pyridine rings is 1. The lowest BCUT2D eigenvalue weighted by Gasteiger charge is -2.10. The maximum absolute atomic E-state index is 5.81. The van der Waals surface area contributed by atoms with Crippen molar-refractivity contribution < 1.29 is 9.26 Å². The van der Waals surface area contributed by atoms with Gasteiger partial charge in [-0.3, -0.25) is 4.98 Å². The second-order valence-electron chi connectivity index (χ2n) is 8.20. The lowest BCUT2D eigenvalue weighted by molar-refractivity contribution is 0.393. The molecule has 0 saturated heterocycles. The first-order chi connectivity index (χ1) is 16.0. The summed E-state index contributed by atoms with van der Waals surface area (Å²) in [6.07, 6.45) is 1.60. The van der Waals surface area contributed by atoms with Gasteiger partial charge < -0.3 is 14.2 Å². The molecule has 1 N–H and O–H groups in total. The Hall–Kier alpha value is -4.26. The molecule has 0 aliphatic heterocycles. The van der Waals surface area contributed by atoms with E-state index in [2.05, 4.69) is 38.3 Å². The molecule has 0 spiro atoms. The molecule has 0 atom stereocenters. The molecule has 162 valence electrons. The molecule has 6 aromatic rings. The van der Waals surface area contributed by atoms with Gasteiger partial charge in [-0.1, -0.05) is 23.4 Å². The molecule has 0 saturated carbocycles. The molecule has 7 nitrogen and oxygen atoms in total. The van der Waals surface area contributed by atoms with E-state index in [9.17, 15) is 0 Å². The highest BCUT2D eigenvalue weighted by atomic mass is 16.5. The first kappa shape index (κ1) is 19.4. The van der Waals surface area contributed by atoms with Crippen molar-refractivity contribution in [2.24, 2.45) is 0 Å². The quantitative estimate of drug-likeness (QED) is 0.371. The minimum absolute atomic E-state index is 0.739. The number of nitrogens with zero attached hydrogens (tertiary/aromatic N) is 4. The van der Waals surface area contributed by atoms with Crippen LogP contribution in [0.5, 0.6) is 5.75 Å². The predicted molar refractivity (Wildman–Crippen MR) is 128 cm³/mol. The largest absolute Gasteiger partial charge is 0.496 e. The number of H-pyrrole nitrogens is 1. The average Bonchev–Trinajstić information content (AvgIpc) is 3.35. The summed E-state index contributed by atoms with van der Waals surface area (Å²) in [5.74, 6) is 1.49. The first-order valence-electron chi connectivity index (χ1n) is 10.7. The van der Waals surface area contributed by atoms with E-state index in [1.165, 1.54) is 0 Å². The molecule has 0 unspecified atom stereocenters. The Morgan fingerprint density at radius 1 is 0.939 bits per heavy atom. The van der Waals surface area contributed by atoms with E-state index in [0.717, 1.165) is 78.1 Å². The fourth-order valence-electron chi connectivity index (χ4n) is 4.69.